The van der Waals surface area contributed by atoms with Gasteiger partial charge in [0.25, 0.3) is 0 Å². The molecule has 2 aromatic rings. The smallest absolute Gasteiger partial charge is 0.243 e. The van der Waals surface area contributed by atoms with Gasteiger partial charge in [0, 0.05) is 18.4 Å². The van der Waals surface area contributed by atoms with Gasteiger partial charge in [0.2, 0.25) is 10.0 Å². The molecule has 0 bridgehead atoms. The van der Waals surface area contributed by atoms with Crippen LogP contribution in [0.3, 0.4) is 0 Å². The number of aromatic nitrogens is 1. The summed E-state index contributed by atoms with van der Waals surface area (Å²) in [5.41, 5.74) is 8.69. The highest BCUT2D eigenvalue weighted by atomic mass is 32.2. The summed E-state index contributed by atoms with van der Waals surface area (Å²) in [5, 5.41) is 0. The van der Waals surface area contributed by atoms with Crippen LogP contribution in [0.25, 0.3) is 0 Å². The molecule has 0 aliphatic rings. The zero-order chi connectivity index (χ0) is 15.6. The molecule has 0 saturated carbocycles. The molecule has 0 spiro atoms. The predicted molar refractivity (Wildman–Crippen MR) is 83.2 cm³/mol. The fourth-order valence-corrected chi connectivity index (χ4v) is 3.14. The summed E-state index contributed by atoms with van der Waals surface area (Å²) >= 11 is 0. The molecule has 5 nitrogen and oxygen atoms in total. The number of anilines is 1. The molecule has 0 aliphatic carbocycles. The molecule has 0 radical (unpaired) electrons. The van der Waals surface area contributed by atoms with E-state index < -0.39 is 10.0 Å². The molecule has 6 heteroatoms. The maximum Gasteiger partial charge on any atom is 0.243 e. The number of benzene rings is 1. The fraction of sp³-hybridized carbons (Fsp3) is 0.267. The quantitative estimate of drug-likeness (QED) is 0.878. The normalized spacial score (nSPS) is 11.8. The predicted octanol–water partition coefficient (Wildman–Crippen LogP) is 2.10. The second-order valence-electron chi connectivity index (χ2n) is 5.05. The van der Waals surface area contributed by atoms with Crippen molar-refractivity contribution in [2.24, 2.45) is 0 Å². The Bertz CT molecular complexity index is 757. The number of nitrogen functional groups attached to an aromatic ring is 1. The van der Waals surface area contributed by atoms with Crippen LogP contribution in [0.4, 0.5) is 5.69 Å². The van der Waals surface area contributed by atoms with E-state index in [0.717, 1.165) is 11.3 Å². The van der Waals surface area contributed by atoms with Crippen LogP contribution in [0.2, 0.25) is 0 Å². The van der Waals surface area contributed by atoms with Crippen LogP contribution in [0.5, 0.6) is 0 Å². The Labute approximate surface area is 125 Å². The van der Waals surface area contributed by atoms with Crippen LogP contribution in [-0.2, 0) is 16.6 Å². The molecule has 2 N–H and O–H groups in total. The number of pyridine rings is 1. The monoisotopic (exact) mass is 305 g/mol. The van der Waals surface area contributed by atoms with E-state index in [1.54, 1.807) is 12.1 Å². The van der Waals surface area contributed by atoms with E-state index in [1.165, 1.54) is 17.4 Å². The Morgan fingerprint density at radius 3 is 2.52 bits per heavy atom. The maximum absolute atomic E-state index is 12.5. The molecule has 0 atom stereocenters. The lowest BCUT2D eigenvalue weighted by Gasteiger charge is -2.17. The lowest BCUT2D eigenvalue weighted by molar-refractivity contribution is 0.462. The first-order valence-electron chi connectivity index (χ1n) is 6.55. The van der Waals surface area contributed by atoms with Crippen molar-refractivity contribution in [1.29, 1.82) is 0 Å². The summed E-state index contributed by atoms with van der Waals surface area (Å²) in [6, 6.07) is 10.3. The maximum atomic E-state index is 12.5. The van der Waals surface area contributed by atoms with Crippen LogP contribution in [0.15, 0.2) is 41.3 Å². The van der Waals surface area contributed by atoms with Gasteiger partial charge in [0.05, 0.1) is 17.1 Å². The number of aryl methyl sites for hydroxylation is 2. The molecule has 0 amide bonds. The van der Waals surface area contributed by atoms with E-state index in [-0.39, 0.29) is 11.4 Å². The van der Waals surface area contributed by atoms with Crippen LogP contribution >= 0.6 is 0 Å². The summed E-state index contributed by atoms with van der Waals surface area (Å²) in [7, 11) is -2.04. The molecule has 21 heavy (non-hydrogen) atoms. The number of hydrogen-bond donors (Lipinski definition) is 1. The largest absolute Gasteiger partial charge is 0.398 e. The number of sulfonamides is 1. The van der Waals surface area contributed by atoms with E-state index in [0.29, 0.717) is 11.4 Å². The average Bonchev–Trinajstić information content (AvgIpc) is 2.41. The molecule has 0 aliphatic heterocycles. The highest BCUT2D eigenvalue weighted by Gasteiger charge is 2.21. The van der Waals surface area contributed by atoms with Crippen molar-refractivity contribution in [3.63, 3.8) is 0 Å². The second-order valence-corrected chi connectivity index (χ2v) is 7.09. The van der Waals surface area contributed by atoms with Crippen LogP contribution in [0, 0.1) is 13.8 Å². The van der Waals surface area contributed by atoms with Gasteiger partial charge in [-0.05, 0) is 43.7 Å². The Hall–Kier alpha value is -1.92. The van der Waals surface area contributed by atoms with E-state index in [4.69, 9.17) is 5.73 Å². The molecular formula is C15H19N3O2S. The van der Waals surface area contributed by atoms with Crippen LogP contribution in [-0.4, -0.2) is 24.8 Å². The molecule has 0 fully saturated rings. The third-order valence-electron chi connectivity index (χ3n) is 3.29. The minimum atomic E-state index is -3.58. The summed E-state index contributed by atoms with van der Waals surface area (Å²) in [6.07, 6.45) is 0. The fourth-order valence-electron chi connectivity index (χ4n) is 1.96. The minimum Gasteiger partial charge on any atom is -0.398 e. The Morgan fingerprint density at radius 2 is 1.90 bits per heavy atom. The molecular weight excluding hydrogens is 286 g/mol. The van der Waals surface area contributed by atoms with Gasteiger partial charge in [-0.15, -0.1) is 0 Å². The Morgan fingerprint density at radius 1 is 1.19 bits per heavy atom. The van der Waals surface area contributed by atoms with Crippen molar-refractivity contribution < 1.29 is 8.42 Å². The van der Waals surface area contributed by atoms with E-state index in [9.17, 15) is 8.42 Å². The molecule has 0 saturated heterocycles. The van der Waals surface area contributed by atoms with Crippen molar-refractivity contribution in [3.8, 4) is 0 Å². The van der Waals surface area contributed by atoms with Gasteiger partial charge in [-0.3, -0.25) is 4.98 Å². The summed E-state index contributed by atoms with van der Waals surface area (Å²) in [5.74, 6) is 0. The summed E-state index contributed by atoms with van der Waals surface area (Å²) < 4.78 is 26.3. The summed E-state index contributed by atoms with van der Waals surface area (Å²) in [6.45, 7) is 3.93. The standard InChI is InChI=1S/C15H19N3O2S/c1-11-7-8-14(9-15(11)16)21(19,20)18(3)10-13-6-4-5-12(2)17-13/h4-9H,10,16H2,1-3H3. The van der Waals surface area contributed by atoms with E-state index >= 15 is 0 Å². The van der Waals surface area contributed by atoms with Crippen LogP contribution < -0.4 is 5.73 Å². The van der Waals surface area contributed by atoms with Crippen molar-refractivity contribution >= 4 is 15.7 Å². The third kappa shape index (κ3) is 3.40. The number of hydrogen-bond acceptors (Lipinski definition) is 4. The number of nitrogens with two attached hydrogens (primary N) is 1. The lowest BCUT2D eigenvalue weighted by Crippen LogP contribution is -2.27. The Balaban J connectivity index is 2.28. The van der Waals surface area contributed by atoms with Gasteiger partial charge in [0.1, 0.15) is 0 Å². The van der Waals surface area contributed by atoms with Gasteiger partial charge < -0.3 is 5.73 Å². The number of rotatable bonds is 4. The van der Waals surface area contributed by atoms with Gasteiger partial charge in [-0.2, -0.15) is 4.31 Å². The average molecular weight is 305 g/mol. The first kappa shape index (κ1) is 15.5. The molecule has 112 valence electrons. The highest BCUT2D eigenvalue weighted by molar-refractivity contribution is 7.89. The lowest BCUT2D eigenvalue weighted by atomic mass is 10.2. The molecule has 1 heterocycles. The van der Waals surface area contributed by atoms with Crippen molar-refractivity contribution in [1.82, 2.24) is 9.29 Å². The van der Waals surface area contributed by atoms with Gasteiger partial charge in [0.15, 0.2) is 0 Å². The topological polar surface area (TPSA) is 76.3 Å². The minimum absolute atomic E-state index is 0.195. The Kier molecular flexibility index (Phi) is 4.29. The summed E-state index contributed by atoms with van der Waals surface area (Å²) in [4.78, 5) is 4.52. The number of nitrogens with zero attached hydrogens (tertiary/aromatic N) is 2. The zero-order valence-corrected chi connectivity index (χ0v) is 13.2. The first-order chi connectivity index (χ1) is 9.80. The van der Waals surface area contributed by atoms with E-state index in [1.807, 2.05) is 32.0 Å². The molecule has 2 rings (SSSR count). The van der Waals surface area contributed by atoms with Gasteiger partial charge in [-0.25, -0.2) is 8.42 Å². The highest BCUT2D eigenvalue weighted by Crippen LogP contribution is 2.21. The third-order valence-corrected chi connectivity index (χ3v) is 5.09. The van der Waals surface area contributed by atoms with Gasteiger partial charge >= 0.3 is 0 Å². The van der Waals surface area contributed by atoms with Crippen molar-refractivity contribution in [2.75, 3.05) is 12.8 Å². The first-order valence-corrected chi connectivity index (χ1v) is 8.00. The van der Waals surface area contributed by atoms with Crippen LogP contribution in [0.1, 0.15) is 17.0 Å². The molecule has 0 unspecified atom stereocenters. The zero-order valence-electron chi connectivity index (χ0n) is 12.4. The molecule has 1 aromatic carbocycles. The SMILES string of the molecule is Cc1cccc(CN(C)S(=O)(=O)c2ccc(C)c(N)c2)n1. The van der Waals surface area contributed by atoms with Gasteiger partial charge in [-0.1, -0.05) is 12.1 Å². The second kappa shape index (κ2) is 5.83. The van der Waals surface area contributed by atoms with E-state index in [2.05, 4.69) is 4.98 Å². The van der Waals surface area contributed by atoms with Crippen molar-refractivity contribution in [3.05, 3.63) is 53.3 Å². The molecule has 1 aromatic heterocycles. The van der Waals surface area contributed by atoms with Crippen molar-refractivity contribution in [2.45, 2.75) is 25.3 Å².